The number of hydrogen-bond donors (Lipinski definition) is 2. The lowest BCUT2D eigenvalue weighted by Gasteiger charge is -2.13. The van der Waals surface area contributed by atoms with E-state index in [-0.39, 0.29) is 16.3 Å². The van der Waals surface area contributed by atoms with Crippen molar-refractivity contribution in [3.63, 3.8) is 0 Å². The van der Waals surface area contributed by atoms with Gasteiger partial charge >= 0.3 is 0 Å². The smallest absolute Gasteiger partial charge is 0.275 e. The molecule has 8 heteroatoms. The van der Waals surface area contributed by atoms with Crippen LogP contribution in [0.5, 0.6) is 0 Å². The van der Waals surface area contributed by atoms with Gasteiger partial charge in [0.1, 0.15) is 5.69 Å². The maximum absolute atomic E-state index is 12.8. The Balaban J connectivity index is 1.87. The van der Waals surface area contributed by atoms with Crippen LogP contribution in [0.25, 0.3) is 22.3 Å². The lowest BCUT2D eigenvalue weighted by molar-refractivity contribution is 0.601. The molecule has 4 rings (SSSR count). The van der Waals surface area contributed by atoms with Crippen molar-refractivity contribution in [3.05, 3.63) is 87.6 Å². The van der Waals surface area contributed by atoms with Crippen molar-refractivity contribution in [1.29, 1.82) is 0 Å². The van der Waals surface area contributed by atoms with Crippen molar-refractivity contribution in [3.8, 4) is 11.3 Å². The molecule has 6 nitrogen and oxygen atoms in total. The number of halogens is 1. The van der Waals surface area contributed by atoms with Crippen LogP contribution in [0.4, 0.5) is 5.69 Å². The van der Waals surface area contributed by atoms with Crippen LogP contribution >= 0.6 is 15.9 Å². The number of fused-ring (bicyclic) bond motifs is 1. The molecule has 28 heavy (non-hydrogen) atoms. The minimum absolute atomic E-state index is 0.126. The summed E-state index contributed by atoms with van der Waals surface area (Å²) in [5.41, 5.74) is 1.59. The number of aromatic nitrogens is 2. The van der Waals surface area contributed by atoms with Crippen molar-refractivity contribution < 1.29 is 8.42 Å². The third kappa shape index (κ3) is 3.56. The van der Waals surface area contributed by atoms with Crippen molar-refractivity contribution in [1.82, 2.24) is 9.97 Å². The van der Waals surface area contributed by atoms with Crippen molar-refractivity contribution in [2.45, 2.75) is 4.90 Å². The number of sulfonamides is 1. The molecule has 0 saturated heterocycles. The van der Waals surface area contributed by atoms with Gasteiger partial charge in [0.15, 0.2) is 0 Å². The van der Waals surface area contributed by atoms with E-state index < -0.39 is 15.6 Å². The predicted molar refractivity (Wildman–Crippen MR) is 113 cm³/mol. The molecule has 0 unspecified atom stereocenters. The normalized spacial score (nSPS) is 11.5. The highest BCUT2D eigenvalue weighted by Crippen LogP contribution is 2.30. The van der Waals surface area contributed by atoms with Crippen molar-refractivity contribution in [2.24, 2.45) is 0 Å². The summed E-state index contributed by atoms with van der Waals surface area (Å²) in [4.78, 5) is 20.0. The van der Waals surface area contributed by atoms with Crippen LogP contribution in [0.3, 0.4) is 0 Å². The summed E-state index contributed by atoms with van der Waals surface area (Å²) >= 11 is 3.35. The Kier molecular flexibility index (Phi) is 4.74. The number of anilines is 1. The maximum Gasteiger partial charge on any atom is 0.275 e. The van der Waals surface area contributed by atoms with E-state index in [1.165, 1.54) is 12.1 Å². The van der Waals surface area contributed by atoms with Crippen LogP contribution in [0.15, 0.2) is 87.0 Å². The summed E-state index contributed by atoms with van der Waals surface area (Å²) in [5, 5.41) is 0. The second-order valence-electron chi connectivity index (χ2n) is 6.04. The largest absolute Gasteiger partial charge is 0.319 e. The SMILES string of the molecule is O=c1[nH]c2ccccc2nc1-c1ccc(Br)cc1NS(=O)(=O)c1ccccc1. The Hall–Kier alpha value is -2.97. The number of rotatable bonds is 4. The summed E-state index contributed by atoms with van der Waals surface area (Å²) in [6, 6.07) is 20.2. The standard InChI is InChI=1S/C20H14BrN3O3S/c21-13-10-11-15(19-20(25)23-17-9-5-4-8-16(17)22-19)18(12-13)24-28(26,27)14-6-2-1-3-7-14/h1-12,24H,(H,23,25). The third-order valence-electron chi connectivity index (χ3n) is 4.13. The molecule has 0 spiro atoms. The van der Waals surface area contributed by atoms with E-state index in [2.05, 4.69) is 30.6 Å². The van der Waals surface area contributed by atoms with Crippen LogP contribution in [-0.4, -0.2) is 18.4 Å². The number of benzene rings is 3. The molecule has 0 aliphatic rings. The number of para-hydroxylation sites is 2. The Morgan fingerprint density at radius 1 is 0.929 bits per heavy atom. The molecule has 140 valence electrons. The van der Waals surface area contributed by atoms with Gasteiger partial charge in [-0.25, -0.2) is 13.4 Å². The summed E-state index contributed by atoms with van der Waals surface area (Å²) in [6.07, 6.45) is 0. The Bertz CT molecular complexity index is 1340. The molecule has 0 bridgehead atoms. The quantitative estimate of drug-likeness (QED) is 0.483. The molecule has 0 saturated carbocycles. The molecule has 0 amide bonds. The Morgan fingerprint density at radius 2 is 1.64 bits per heavy atom. The first-order valence-corrected chi connectivity index (χ1v) is 10.6. The highest BCUT2D eigenvalue weighted by Gasteiger charge is 2.19. The second kappa shape index (κ2) is 7.21. The van der Waals surface area contributed by atoms with E-state index >= 15 is 0 Å². The average molecular weight is 456 g/mol. The first kappa shape index (κ1) is 18.4. The van der Waals surface area contributed by atoms with Gasteiger partial charge in [-0.15, -0.1) is 0 Å². The monoisotopic (exact) mass is 455 g/mol. The molecule has 0 fully saturated rings. The second-order valence-corrected chi connectivity index (χ2v) is 8.64. The number of aromatic amines is 1. The van der Waals surface area contributed by atoms with E-state index in [1.54, 1.807) is 54.6 Å². The molecule has 0 radical (unpaired) electrons. The van der Waals surface area contributed by atoms with Gasteiger partial charge in [0, 0.05) is 10.0 Å². The molecule has 0 atom stereocenters. The van der Waals surface area contributed by atoms with Gasteiger partial charge < -0.3 is 4.98 Å². The topological polar surface area (TPSA) is 91.9 Å². The summed E-state index contributed by atoms with van der Waals surface area (Å²) in [5.74, 6) is 0. The highest BCUT2D eigenvalue weighted by molar-refractivity contribution is 9.10. The van der Waals surface area contributed by atoms with Crippen molar-refractivity contribution in [2.75, 3.05) is 4.72 Å². The molecule has 2 N–H and O–H groups in total. The van der Waals surface area contributed by atoms with Gasteiger partial charge in [-0.05, 0) is 42.5 Å². The minimum Gasteiger partial charge on any atom is -0.319 e. The molecule has 1 aromatic heterocycles. The van der Waals surface area contributed by atoms with E-state index in [0.717, 1.165) is 0 Å². The average Bonchev–Trinajstić information content (AvgIpc) is 2.68. The van der Waals surface area contributed by atoms with Gasteiger partial charge in [0.05, 0.1) is 21.6 Å². The van der Waals surface area contributed by atoms with E-state index in [9.17, 15) is 13.2 Å². The molecular weight excluding hydrogens is 442 g/mol. The number of hydrogen-bond acceptors (Lipinski definition) is 4. The zero-order valence-corrected chi connectivity index (χ0v) is 16.8. The maximum atomic E-state index is 12.8. The molecular formula is C20H14BrN3O3S. The minimum atomic E-state index is -3.83. The Morgan fingerprint density at radius 3 is 2.43 bits per heavy atom. The lowest BCUT2D eigenvalue weighted by Crippen LogP contribution is -2.16. The fourth-order valence-corrected chi connectivity index (χ4v) is 4.28. The molecule has 4 aromatic rings. The van der Waals surface area contributed by atoms with E-state index in [0.29, 0.717) is 21.1 Å². The van der Waals surface area contributed by atoms with Gasteiger partial charge in [-0.3, -0.25) is 9.52 Å². The van der Waals surface area contributed by atoms with Gasteiger partial charge in [-0.1, -0.05) is 46.3 Å². The zero-order valence-electron chi connectivity index (χ0n) is 14.4. The van der Waals surface area contributed by atoms with E-state index in [1.807, 2.05) is 6.07 Å². The fraction of sp³-hybridized carbons (Fsp3) is 0. The Labute approximate surface area is 169 Å². The molecule has 0 aliphatic carbocycles. The van der Waals surface area contributed by atoms with Crippen LogP contribution in [0.2, 0.25) is 0 Å². The van der Waals surface area contributed by atoms with Crippen LogP contribution in [0, 0.1) is 0 Å². The van der Waals surface area contributed by atoms with Gasteiger partial charge in [0.25, 0.3) is 15.6 Å². The van der Waals surface area contributed by atoms with Gasteiger partial charge in [0.2, 0.25) is 0 Å². The fourth-order valence-electron chi connectivity index (χ4n) is 2.82. The summed E-state index contributed by atoms with van der Waals surface area (Å²) in [6.45, 7) is 0. The summed E-state index contributed by atoms with van der Waals surface area (Å²) < 4.78 is 28.8. The number of nitrogens with zero attached hydrogens (tertiary/aromatic N) is 1. The molecule has 1 heterocycles. The molecule has 3 aromatic carbocycles. The van der Waals surface area contributed by atoms with Crippen molar-refractivity contribution >= 4 is 42.7 Å². The first-order chi connectivity index (χ1) is 13.4. The molecule has 0 aliphatic heterocycles. The highest BCUT2D eigenvalue weighted by atomic mass is 79.9. The summed E-state index contributed by atoms with van der Waals surface area (Å²) in [7, 11) is -3.83. The number of nitrogens with one attached hydrogen (secondary N) is 2. The van der Waals surface area contributed by atoms with Gasteiger partial charge in [-0.2, -0.15) is 0 Å². The van der Waals surface area contributed by atoms with Crippen LogP contribution in [-0.2, 0) is 10.0 Å². The third-order valence-corrected chi connectivity index (χ3v) is 6.01. The van der Waals surface area contributed by atoms with Crippen LogP contribution in [0.1, 0.15) is 0 Å². The lowest BCUT2D eigenvalue weighted by atomic mass is 10.1. The number of H-pyrrole nitrogens is 1. The van der Waals surface area contributed by atoms with Crippen LogP contribution < -0.4 is 10.3 Å². The zero-order chi connectivity index (χ0) is 19.7. The first-order valence-electron chi connectivity index (χ1n) is 8.31. The van der Waals surface area contributed by atoms with E-state index in [4.69, 9.17) is 0 Å². The predicted octanol–water partition coefficient (Wildman–Crippen LogP) is 4.15.